The van der Waals surface area contributed by atoms with Crippen molar-refractivity contribution < 1.29 is 45.1 Å². The van der Waals surface area contributed by atoms with E-state index in [-0.39, 0.29) is 16.9 Å². The molecule has 11 heteroatoms. The summed E-state index contributed by atoms with van der Waals surface area (Å²) in [6, 6.07) is 2.60. The highest BCUT2D eigenvalue weighted by Gasteiger charge is 2.51. The number of esters is 1. The van der Waals surface area contributed by atoms with Crippen LogP contribution in [0.5, 0.6) is 5.75 Å². The molecule has 5 rings (SSSR count). The van der Waals surface area contributed by atoms with Crippen LogP contribution >= 0.6 is 0 Å². The van der Waals surface area contributed by atoms with E-state index in [2.05, 4.69) is 0 Å². The van der Waals surface area contributed by atoms with E-state index in [9.17, 15) is 26.4 Å². The highest BCUT2D eigenvalue weighted by atomic mass is 32.2. The number of alkyl halides is 3. The Kier molecular flexibility index (Phi) is 7.65. The standard InChI is InChI=1S/C25H33F3O7S/c1-15(2)23(34-14-24-11-16-7-17(12-24)9-18(8-16)13-24)35-21-10-19(3-4-20(21)25(26,27)28)22(29)33-5-6-36(30,31)32/h3-4,10,15-18,23H,5-9,11-14H2,1-2H3,(H,30,31,32). The fourth-order valence-corrected chi connectivity index (χ4v) is 6.81. The summed E-state index contributed by atoms with van der Waals surface area (Å²) in [6.07, 6.45) is 1.38. The normalized spacial score (nSPS) is 28.4. The van der Waals surface area contributed by atoms with Gasteiger partial charge >= 0.3 is 12.1 Å². The van der Waals surface area contributed by atoms with Crippen LogP contribution in [0.15, 0.2) is 18.2 Å². The summed E-state index contributed by atoms with van der Waals surface area (Å²) in [5.74, 6) is -0.555. The van der Waals surface area contributed by atoms with Crippen molar-refractivity contribution in [1.29, 1.82) is 0 Å². The number of hydrogen-bond donors (Lipinski definition) is 1. The fourth-order valence-electron chi connectivity index (χ4n) is 6.52. The van der Waals surface area contributed by atoms with Crippen molar-refractivity contribution in [2.24, 2.45) is 29.1 Å². The van der Waals surface area contributed by atoms with Crippen LogP contribution in [0.2, 0.25) is 0 Å². The van der Waals surface area contributed by atoms with Gasteiger partial charge in [-0.25, -0.2) is 4.79 Å². The molecule has 36 heavy (non-hydrogen) atoms. The van der Waals surface area contributed by atoms with Crippen LogP contribution in [-0.2, 0) is 25.8 Å². The molecule has 0 radical (unpaired) electrons. The maximum absolute atomic E-state index is 13.7. The van der Waals surface area contributed by atoms with Gasteiger partial charge in [0.25, 0.3) is 10.1 Å². The highest BCUT2D eigenvalue weighted by Crippen LogP contribution is 2.60. The average molecular weight is 535 g/mol. The molecule has 4 aliphatic carbocycles. The lowest BCUT2D eigenvalue weighted by atomic mass is 9.50. The first-order chi connectivity index (χ1) is 16.7. The van der Waals surface area contributed by atoms with E-state index >= 15 is 0 Å². The molecule has 0 amide bonds. The molecular formula is C25H33F3O7S. The van der Waals surface area contributed by atoms with Gasteiger partial charge in [-0.15, -0.1) is 0 Å². The maximum Gasteiger partial charge on any atom is 0.419 e. The van der Waals surface area contributed by atoms with Crippen LogP contribution in [0.1, 0.15) is 68.3 Å². The van der Waals surface area contributed by atoms with E-state index in [1.807, 2.05) is 0 Å². The number of benzene rings is 1. The summed E-state index contributed by atoms with van der Waals surface area (Å²) in [4.78, 5) is 12.3. The van der Waals surface area contributed by atoms with Crippen molar-refractivity contribution in [2.45, 2.75) is 64.8 Å². The minimum Gasteiger partial charge on any atom is -0.464 e. The van der Waals surface area contributed by atoms with E-state index in [4.69, 9.17) is 18.8 Å². The third kappa shape index (κ3) is 6.52. The molecule has 0 aromatic heterocycles. The van der Waals surface area contributed by atoms with Crippen LogP contribution < -0.4 is 4.74 Å². The summed E-state index contributed by atoms with van der Waals surface area (Å²) in [6.45, 7) is 3.38. The van der Waals surface area contributed by atoms with Crippen molar-refractivity contribution in [3.63, 3.8) is 0 Å². The molecule has 0 heterocycles. The first kappa shape index (κ1) is 27.2. The monoisotopic (exact) mass is 534 g/mol. The lowest BCUT2D eigenvalue weighted by Gasteiger charge is -2.56. The Morgan fingerprint density at radius 2 is 1.69 bits per heavy atom. The van der Waals surface area contributed by atoms with Crippen LogP contribution in [0, 0.1) is 29.1 Å². The largest absolute Gasteiger partial charge is 0.464 e. The number of rotatable bonds is 10. The SMILES string of the molecule is CC(C)C(OCC12CC3CC(CC(C3)C1)C2)Oc1cc(C(=O)OCCS(=O)(=O)O)ccc1C(F)(F)F. The van der Waals surface area contributed by atoms with Crippen molar-refractivity contribution >= 4 is 16.1 Å². The second-order valence-electron chi connectivity index (χ2n) is 11.1. The smallest absolute Gasteiger partial charge is 0.419 e. The quantitative estimate of drug-likeness (QED) is 0.246. The summed E-state index contributed by atoms with van der Waals surface area (Å²) < 4.78 is 88.3. The molecule has 1 aromatic carbocycles. The minimum atomic E-state index is -4.73. The Bertz CT molecular complexity index is 1030. The van der Waals surface area contributed by atoms with Crippen LogP contribution in [0.25, 0.3) is 0 Å². The molecule has 1 unspecified atom stereocenters. The number of carbonyl (C=O) groups is 1. The average Bonchev–Trinajstić information content (AvgIpc) is 2.73. The molecular weight excluding hydrogens is 501 g/mol. The fraction of sp³-hybridized carbons (Fsp3) is 0.720. The van der Waals surface area contributed by atoms with Crippen molar-refractivity contribution in [3.8, 4) is 5.75 Å². The van der Waals surface area contributed by atoms with Gasteiger partial charge in [-0.1, -0.05) is 13.8 Å². The summed E-state index contributed by atoms with van der Waals surface area (Å²) in [7, 11) is -4.35. The molecule has 0 spiro atoms. The minimum absolute atomic E-state index is 0.0524. The molecule has 4 bridgehead atoms. The van der Waals surface area contributed by atoms with Crippen LogP contribution in [0.4, 0.5) is 13.2 Å². The van der Waals surface area contributed by atoms with Gasteiger partial charge in [0.05, 0.1) is 17.7 Å². The first-order valence-electron chi connectivity index (χ1n) is 12.3. The van der Waals surface area contributed by atoms with Gasteiger partial charge in [0.1, 0.15) is 18.1 Å². The predicted octanol–water partition coefficient (Wildman–Crippen LogP) is 5.34. The highest BCUT2D eigenvalue weighted by molar-refractivity contribution is 7.85. The van der Waals surface area contributed by atoms with Crippen LogP contribution in [0.3, 0.4) is 0 Å². The van der Waals surface area contributed by atoms with E-state index < -0.39 is 52.2 Å². The Labute approximate surface area is 209 Å². The lowest BCUT2D eigenvalue weighted by molar-refractivity contribution is -0.171. The van der Waals surface area contributed by atoms with Crippen LogP contribution in [-0.4, -0.2) is 44.2 Å². The van der Waals surface area contributed by atoms with Gasteiger partial charge in [-0.05, 0) is 79.9 Å². The maximum atomic E-state index is 13.7. The Morgan fingerprint density at radius 1 is 1.11 bits per heavy atom. The Balaban J connectivity index is 1.49. The third-order valence-electron chi connectivity index (χ3n) is 7.60. The van der Waals surface area contributed by atoms with Crippen molar-refractivity contribution in [2.75, 3.05) is 19.0 Å². The molecule has 0 saturated heterocycles. The van der Waals surface area contributed by atoms with Gasteiger partial charge in [0, 0.05) is 5.92 Å². The van der Waals surface area contributed by atoms with Gasteiger partial charge in [0.2, 0.25) is 6.29 Å². The number of ether oxygens (including phenoxy) is 3. The topological polar surface area (TPSA) is 99.1 Å². The Hall–Kier alpha value is -1.85. The number of carbonyl (C=O) groups excluding carboxylic acids is 1. The predicted molar refractivity (Wildman–Crippen MR) is 124 cm³/mol. The van der Waals surface area contributed by atoms with Crippen molar-refractivity contribution in [1.82, 2.24) is 0 Å². The summed E-state index contributed by atoms with van der Waals surface area (Å²) in [5.41, 5.74) is -1.24. The van der Waals surface area contributed by atoms with E-state index in [0.29, 0.717) is 24.4 Å². The number of halogens is 3. The zero-order chi connectivity index (χ0) is 26.3. The number of hydrogen-bond acceptors (Lipinski definition) is 6. The molecule has 4 fully saturated rings. The molecule has 0 aliphatic heterocycles. The zero-order valence-corrected chi connectivity index (χ0v) is 21.2. The second-order valence-corrected chi connectivity index (χ2v) is 12.7. The summed E-state index contributed by atoms with van der Waals surface area (Å²) in [5, 5.41) is 0. The third-order valence-corrected chi connectivity index (χ3v) is 8.29. The molecule has 1 atom stereocenters. The molecule has 1 N–H and O–H groups in total. The van der Waals surface area contributed by atoms with Crippen molar-refractivity contribution in [3.05, 3.63) is 29.3 Å². The molecule has 1 aromatic rings. The second kappa shape index (κ2) is 10.1. The summed E-state index contributed by atoms with van der Waals surface area (Å²) >= 11 is 0. The van der Waals surface area contributed by atoms with Gasteiger partial charge < -0.3 is 14.2 Å². The molecule has 202 valence electrons. The molecule has 7 nitrogen and oxygen atoms in total. The van der Waals surface area contributed by atoms with E-state index in [0.717, 1.165) is 37.5 Å². The van der Waals surface area contributed by atoms with E-state index in [1.165, 1.54) is 19.3 Å². The van der Waals surface area contributed by atoms with Gasteiger partial charge in [-0.2, -0.15) is 21.6 Å². The molecule has 4 saturated carbocycles. The van der Waals surface area contributed by atoms with E-state index in [1.54, 1.807) is 13.8 Å². The lowest BCUT2D eigenvalue weighted by Crippen LogP contribution is -2.49. The van der Waals surface area contributed by atoms with Gasteiger partial charge in [0.15, 0.2) is 0 Å². The van der Waals surface area contributed by atoms with Gasteiger partial charge in [-0.3, -0.25) is 4.55 Å². The zero-order valence-electron chi connectivity index (χ0n) is 20.4. The Morgan fingerprint density at radius 3 is 2.19 bits per heavy atom. The first-order valence-corrected chi connectivity index (χ1v) is 14.0. The molecule has 4 aliphatic rings.